The molecule has 0 aliphatic carbocycles. The third-order valence-corrected chi connectivity index (χ3v) is 5.42. The first-order valence-corrected chi connectivity index (χ1v) is 9.84. The molecule has 4 rings (SSSR count). The van der Waals surface area contributed by atoms with Gasteiger partial charge in [0.05, 0.1) is 12.2 Å². The predicted molar refractivity (Wildman–Crippen MR) is 106 cm³/mol. The highest BCUT2D eigenvalue weighted by atomic mass is 16.7. The second-order valence-electron chi connectivity index (χ2n) is 7.30. The minimum atomic E-state index is -0.0622. The van der Waals surface area contributed by atoms with Gasteiger partial charge in [-0.25, -0.2) is 9.48 Å². The molecule has 0 spiro atoms. The number of carbonyl (C=O) groups excluding carboxylic acids is 1. The Morgan fingerprint density at radius 1 is 1.18 bits per heavy atom. The summed E-state index contributed by atoms with van der Waals surface area (Å²) in [5, 5.41) is 7.33. The molecule has 8 heteroatoms. The van der Waals surface area contributed by atoms with Gasteiger partial charge in [-0.3, -0.25) is 10.2 Å². The van der Waals surface area contributed by atoms with E-state index in [1.54, 1.807) is 6.20 Å². The molecule has 150 valence electrons. The number of nitrogens with zero attached hydrogens (tertiary/aromatic N) is 4. The van der Waals surface area contributed by atoms with Crippen molar-refractivity contribution in [2.45, 2.75) is 32.9 Å². The molecule has 0 bridgehead atoms. The molecule has 2 aliphatic rings. The minimum Gasteiger partial charge on any atom is -0.454 e. The van der Waals surface area contributed by atoms with Gasteiger partial charge in [0.15, 0.2) is 11.5 Å². The first-order chi connectivity index (χ1) is 13.6. The number of urea groups is 1. The average molecular weight is 385 g/mol. The molecule has 0 radical (unpaired) electrons. The summed E-state index contributed by atoms with van der Waals surface area (Å²) < 4.78 is 12.7. The molecule has 1 fully saturated rings. The Labute approximate surface area is 165 Å². The number of hydrogen-bond acceptors (Lipinski definition) is 5. The van der Waals surface area contributed by atoms with E-state index in [-0.39, 0.29) is 12.1 Å². The number of aromatic nitrogens is 2. The molecule has 2 aliphatic heterocycles. The van der Waals surface area contributed by atoms with Gasteiger partial charge in [-0.15, -0.1) is 0 Å². The maximum atomic E-state index is 12.6. The van der Waals surface area contributed by atoms with Crippen LogP contribution in [0, 0.1) is 0 Å². The summed E-state index contributed by atoms with van der Waals surface area (Å²) in [5.74, 6) is 2.37. The zero-order valence-corrected chi connectivity index (χ0v) is 16.4. The number of amides is 2. The van der Waals surface area contributed by atoms with Crippen molar-refractivity contribution in [1.29, 1.82) is 0 Å². The zero-order chi connectivity index (χ0) is 19.5. The predicted octanol–water partition coefficient (Wildman–Crippen LogP) is 2.93. The zero-order valence-electron chi connectivity index (χ0n) is 16.4. The van der Waals surface area contributed by atoms with Crippen LogP contribution in [0.25, 0.3) is 0 Å². The van der Waals surface area contributed by atoms with E-state index in [9.17, 15) is 4.79 Å². The standard InChI is InChI=1S/C20H27N5O3/c1-3-15(2)25-19(6-7-21-25)22-20(26)24-10-8-23(9-11-24)13-16-4-5-17-18(12-16)28-14-27-17/h4-7,12,15H,3,8-11,13-14H2,1-2H3,(H,22,26)/t15-/m1/s1. The highest BCUT2D eigenvalue weighted by molar-refractivity contribution is 5.88. The van der Waals surface area contributed by atoms with Gasteiger partial charge in [0.25, 0.3) is 0 Å². The van der Waals surface area contributed by atoms with Gasteiger partial charge >= 0.3 is 6.03 Å². The lowest BCUT2D eigenvalue weighted by molar-refractivity contribution is 0.142. The minimum absolute atomic E-state index is 0.0622. The Morgan fingerprint density at radius 3 is 2.75 bits per heavy atom. The molecule has 1 atom stereocenters. The average Bonchev–Trinajstić information content (AvgIpc) is 3.37. The molecular weight excluding hydrogens is 358 g/mol. The van der Waals surface area contributed by atoms with Gasteiger partial charge in [0, 0.05) is 38.8 Å². The number of piperazine rings is 1. The molecule has 28 heavy (non-hydrogen) atoms. The second-order valence-corrected chi connectivity index (χ2v) is 7.30. The van der Waals surface area contributed by atoms with E-state index in [1.165, 1.54) is 5.56 Å². The van der Waals surface area contributed by atoms with E-state index in [1.807, 2.05) is 27.8 Å². The van der Waals surface area contributed by atoms with Crippen LogP contribution in [0.1, 0.15) is 31.9 Å². The summed E-state index contributed by atoms with van der Waals surface area (Å²) in [6, 6.07) is 8.11. The molecule has 8 nitrogen and oxygen atoms in total. The number of carbonyl (C=O) groups is 1. The van der Waals surface area contributed by atoms with Crippen LogP contribution in [0.15, 0.2) is 30.5 Å². The van der Waals surface area contributed by atoms with Crippen molar-refractivity contribution >= 4 is 11.8 Å². The summed E-state index contributed by atoms with van der Waals surface area (Å²) in [7, 11) is 0. The van der Waals surface area contributed by atoms with E-state index >= 15 is 0 Å². The summed E-state index contributed by atoms with van der Waals surface area (Å²) >= 11 is 0. The fourth-order valence-corrected chi connectivity index (χ4v) is 3.53. The maximum absolute atomic E-state index is 12.6. The van der Waals surface area contributed by atoms with Gasteiger partial charge in [-0.1, -0.05) is 13.0 Å². The van der Waals surface area contributed by atoms with Crippen LogP contribution in [0.4, 0.5) is 10.6 Å². The summed E-state index contributed by atoms with van der Waals surface area (Å²) in [6.07, 6.45) is 2.69. The maximum Gasteiger partial charge on any atom is 0.323 e. The Kier molecular flexibility index (Phi) is 5.38. The van der Waals surface area contributed by atoms with Crippen LogP contribution in [-0.2, 0) is 6.54 Å². The first-order valence-electron chi connectivity index (χ1n) is 9.84. The lowest BCUT2D eigenvalue weighted by Gasteiger charge is -2.34. The quantitative estimate of drug-likeness (QED) is 0.857. The number of ether oxygens (including phenoxy) is 2. The van der Waals surface area contributed by atoms with E-state index in [4.69, 9.17) is 9.47 Å². The van der Waals surface area contributed by atoms with Crippen LogP contribution in [0.2, 0.25) is 0 Å². The van der Waals surface area contributed by atoms with Crippen molar-refractivity contribution in [2.24, 2.45) is 0 Å². The van der Waals surface area contributed by atoms with Gasteiger partial charge in [-0.2, -0.15) is 5.10 Å². The normalized spacial score (nSPS) is 17.6. The topological polar surface area (TPSA) is 71.9 Å². The van der Waals surface area contributed by atoms with Gasteiger partial charge < -0.3 is 14.4 Å². The number of nitrogens with one attached hydrogen (secondary N) is 1. The van der Waals surface area contributed by atoms with Crippen molar-refractivity contribution in [3.05, 3.63) is 36.0 Å². The van der Waals surface area contributed by atoms with Crippen LogP contribution in [-0.4, -0.2) is 58.6 Å². The molecule has 2 aromatic rings. The van der Waals surface area contributed by atoms with Crippen LogP contribution in [0.5, 0.6) is 11.5 Å². The number of fused-ring (bicyclic) bond motifs is 1. The van der Waals surface area contributed by atoms with Gasteiger partial charge in [0.2, 0.25) is 6.79 Å². The Balaban J connectivity index is 1.29. The number of hydrogen-bond donors (Lipinski definition) is 1. The SMILES string of the molecule is CC[C@@H](C)n1nccc1NC(=O)N1CCN(Cc2ccc3c(c2)OCO3)CC1. The van der Waals surface area contributed by atoms with Crippen LogP contribution >= 0.6 is 0 Å². The van der Waals surface area contributed by atoms with Gasteiger partial charge in [0.1, 0.15) is 5.82 Å². The highest BCUT2D eigenvalue weighted by Gasteiger charge is 2.23. The monoisotopic (exact) mass is 385 g/mol. The van der Waals surface area contributed by atoms with E-state index < -0.39 is 0 Å². The second kappa shape index (κ2) is 8.10. The number of benzene rings is 1. The smallest absolute Gasteiger partial charge is 0.323 e. The molecule has 2 amide bonds. The molecule has 1 aromatic heterocycles. The van der Waals surface area contributed by atoms with Crippen molar-refractivity contribution < 1.29 is 14.3 Å². The molecule has 1 saturated heterocycles. The first kappa shape index (κ1) is 18.6. The van der Waals surface area contributed by atoms with Crippen LogP contribution < -0.4 is 14.8 Å². The molecule has 0 saturated carbocycles. The van der Waals surface area contributed by atoms with Crippen molar-refractivity contribution in [2.75, 3.05) is 38.3 Å². The lowest BCUT2D eigenvalue weighted by Crippen LogP contribution is -2.49. The lowest BCUT2D eigenvalue weighted by atomic mass is 10.1. The fraction of sp³-hybridized carbons (Fsp3) is 0.500. The summed E-state index contributed by atoms with van der Waals surface area (Å²) in [4.78, 5) is 16.9. The van der Waals surface area contributed by atoms with E-state index in [0.29, 0.717) is 19.9 Å². The highest BCUT2D eigenvalue weighted by Crippen LogP contribution is 2.32. The van der Waals surface area contributed by atoms with Crippen molar-refractivity contribution in [3.8, 4) is 11.5 Å². The van der Waals surface area contributed by atoms with E-state index in [2.05, 4.69) is 35.2 Å². The fourth-order valence-electron chi connectivity index (χ4n) is 3.53. The number of anilines is 1. The number of rotatable bonds is 5. The Bertz CT molecular complexity index is 829. The van der Waals surface area contributed by atoms with Crippen molar-refractivity contribution in [1.82, 2.24) is 19.6 Å². The largest absolute Gasteiger partial charge is 0.454 e. The molecular formula is C20H27N5O3. The molecule has 0 unspecified atom stereocenters. The third kappa shape index (κ3) is 3.91. The molecule has 3 heterocycles. The molecule has 1 aromatic carbocycles. The van der Waals surface area contributed by atoms with Crippen LogP contribution in [0.3, 0.4) is 0 Å². The Hall–Kier alpha value is -2.74. The summed E-state index contributed by atoms with van der Waals surface area (Å²) in [6.45, 7) is 8.42. The van der Waals surface area contributed by atoms with Crippen molar-refractivity contribution in [3.63, 3.8) is 0 Å². The molecule has 1 N–H and O–H groups in total. The third-order valence-electron chi connectivity index (χ3n) is 5.42. The Morgan fingerprint density at radius 2 is 1.96 bits per heavy atom. The summed E-state index contributed by atoms with van der Waals surface area (Å²) in [5.41, 5.74) is 1.19. The van der Waals surface area contributed by atoms with Gasteiger partial charge in [-0.05, 0) is 31.0 Å². The van der Waals surface area contributed by atoms with E-state index in [0.717, 1.165) is 43.4 Å².